The molecular formula is C22H28N2O3. The van der Waals surface area contributed by atoms with Gasteiger partial charge in [0.1, 0.15) is 6.10 Å². The van der Waals surface area contributed by atoms with E-state index in [1.54, 1.807) is 6.26 Å². The highest BCUT2D eigenvalue weighted by Gasteiger charge is 2.42. The van der Waals surface area contributed by atoms with Crippen molar-refractivity contribution < 1.29 is 14.3 Å². The number of nitrogens with one attached hydrogen (secondary N) is 1. The van der Waals surface area contributed by atoms with Crippen LogP contribution in [-0.4, -0.2) is 48.7 Å². The summed E-state index contributed by atoms with van der Waals surface area (Å²) >= 11 is 0. The molecule has 2 aromatic rings. The summed E-state index contributed by atoms with van der Waals surface area (Å²) in [6.45, 7) is 5.16. The number of benzene rings is 1. The number of rotatable bonds is 5. The van der Waals surface area contributed by atoms with Crippen LogP contribution < -0.4 is 0 Å². The number of ether oxygens (including phenoxy) is 2. The number of H-pyrrole nitrogens is 1. The number of methoxy groups -OCH3 is 1. The first-order valence-electron chi connectivity index (χ1n) is 9.92. The van der Waals surface area contributed by atoms with Gasteiger partial charge in [-0.3, -0.25) is 0 Å². The van der Waals surface area contributed by atoms with E-state index in [2.05, 4.69) is 47.3 Å². The van der Waals surface area contributed by atoms with Crippen molar-refractivity contribution in [1.29, 1.82) is 0 Å². The number of aromatic nitrogens is 1. The van der Waals surface area contributed by atoms with Crippen LogP contribution in [0.5, 0.6) is 0 Å². The van der Waals surface area contributed by atoms with Crippen LogP contribution in [-0.2, 0) is 20.7 Å². The van der Waals surface area contributed by atoms with Crippen LogP contribution in [0.4, 0.5) is 0 Å². The number of carbonyl (C=O) groups is 1. The predicted molar refractivity (Wildman–Crippen MR) is 105 cm³/mol. The lowest BCUT2D eigenvalue weighted by atomic mass is 9.75. The van der Waals surface area contributed by atoms with E-state index in [1.807, 2.05) is 0 Å². The first-order chi connectivity index (χ1) is 13.2. The molecule has 1 fully saturated rings. The second-order valence-electron chi connectivity index (χ2n) is 7.62. The largest absolute Gasteiger partial charge is 0.497 e. The summed E-state index contributed by atoms with van der Waals surface area (Å²) in [5, 5.41) is 1.32. The van der Waals surface area contributed by atoms with Crippen molar-refractivity contribution in [1.82, 2.24) is 9.88 Å². The third kappa shape index (κ3) is 3.48. The fraction of sp³-hybridized carbons (Fsp3) is 0.500. The van der Waals surface area contributed by atoms with Crippen LogP contribution in [0.1, 0.15) is 25.3 Å². The number of fused-ring (bicyclic) bond motifs is 2. The van der Waals surface area contributed by atoms with Gasteiger partial charge < -0.3 is 19.4 Å². The molecule has 1 N–H and O–H groups in total. The number of nitrogens with zero attached hydrogens (tertiary/aromatic N) is 1. The van der Waals surface area contributed by atoms with Crippen LogP contribution in [0.15, 0.2) is 42.3 Å². The van der Waals surface area contributed by atoms with Gasteiger partial charge in [0, 0.05) is 42.0 Å². The molecule has 0 spiro atoms. The molecule has 4 rings (SSSR count). The Bertz CT molecular complexity index is 841. The molecule has 0 bridgehead atoms. The van der Waals surface area contributed by atoms with Gasteiger partial charge in [0.25, 0.3) is 0 Å². The maximum absolute atomic E-state index is 12.1. The van der Waals surface area contributed by atoms with Crippen LogP contribution in [0, 0.1) is 11.8 Å². The Hall–Kier alpha value is -2.27. The van der Waals surface area contributed by atoms with E-state index in [4.69, 9.17) is 9.47 Å². The number of piperidine rings is 1. The Morgan fingerprint density at radius 1 is 1.37 bits per heavy atom. The molecule has 1 saturated heterocycles. The predicted octanol–water partition coefficient (Wildman–Crippen LogP) is 3.51. The maximum Gasteiger partial charge on any atom is 0.337 e. The lowest BCUT2D eigenvalue weighted by molar-refractivity contribution is -0.138. The smallest absolute Gasteiger partial charge is 0.337 e. The van der Waals surface area contributed by atoms with Crippen molar-refractivity contribution in [3.05, 3.63) is 47.9 Å². The molecule has 1 aromatic carbocycles. The number of carbonyl (C=O) groups excluding carboxylic acids is 1. The Morgan fingerprint density at radius 2 is 2.22 bits per heavy atom. The number of hydrogen-bond donors (Lipinski definition) is 1. The fourth-order valence-corrected chi connectivity index (χ4v) is 4.70. The Morgan fingerprint density at radius 3 is 3.04 bits per heavy atom. The van der Waals surface area contributed by atoms with Crippen LogP contribution in [0.2, 0.25) is 0 Å². The van der Waals surface area contributed by atoms with E-state index in [0.717, 1.165) is 38.9 Å². The molecule has 0 radical (unpaired) electrons. The molecule has 5 nitrogen and oxygen atoms in total. The van der Waals surface area contributed by atoms with Crippen molar-refractivity contribution in [3.63, 3.8) is 0 Å². The highest BCUT2D eigenvalue weighted by Crippen LogP contribution is 2.38. The van der Waals surface area contributed by atoms with Crippen molar-refractivity contribution in [2.75, 3.05) is 26.7 Å². The van der Waals surface area contributed by atoms with Crippen molar-refractivity contribution in [2.24, 2.45) is 11.8 Å². The second-order valence-corrected chi connectivity index (χ2v) is 7.62. The molecule has 3 heterocycles. The quantitative estimate of drug-likeness (QED) is 0.821. The maximum atomic E-state index is 12.1. The Kier molecular flexibility index (Phi) is 5.21. The van der Waals surface area contributed by atoms with Gasteiger partial charge >= 0.3 is 5.97 Å². The zero-order valence-corrected chi connectivity index (χ0v) is 16.1. The lowest BCUT2D eigenvalue weighted by Gasteiger charge is -2.44. The van der Waals surface area contributed by atoms with E-state index in [9.17, 15) is 4.79 Å². The highest BCUT2D eigenvalue weighted by molar-refractivity contribution is 5.89. The standard InChI is InChI=1S/C22H28N2O3/c1-3-21-18-13-24(11-9-17(18)19(14-27-21)22(25)26-2)10-8-15-12-23-20-7-5-4-6-16(15)20/h4-7,12,14,17-18,21,23H,3,8-11,13H2,1-2H3. The van der Waals surface area contributed by atoms with Gasteiger partial charge in [0.15, 0.2) is 0 Å². The average molecular weight is 368 g/mol. The van der Waals surface area contributed by atoms with Gasteiger partial charge in [-0.2, -0.15) is 0 Å². The van der Waals surface area contributed by atoms with E-state index >= 15 is 0 Å². The minimum absolute atomic E-state index is 0.180. The third-order valence-corrected chi connectivity index (χ3v) is 6.18. The average Bonchev–Trinajstić information content (AvgIpc) is 3.13. The summed E-state index contributed by atoms with van der Waals surface area (Å²) in [7, 11) is 1.44. The fourth-order valence-electron chi connectivity index (χ4n) is 4.70. The minimum Gasteiger partial charge on any atom is -0.497 e. The van der Waals surface area contributed by atoms with Gasteiger partial charge in [-0.05, 0) is 37.4 Å². The van der Waals surface area contributed by atoms with E-state index in [-0.39, 0.29) is 18.0 Å². The number of aromatic amines is 1. The van der Waals surface area contributed by atoms with Crippen LogP contribution in [0.25, 0.3) is 10.9 Å². The summed E-state index contributed by atoms with van der Waals surface area (Å²) in [5.41, 5.74) is 3.28. The third-order valence-electron chi connectivity index (χ3n) is 6.18. The van der Waals surface area contributed by atoms with Gasteiger partial charge in [0.2, 0.25) is 0 Å². The van der Waals surface area contributed by atoms with Gasteiger partial charge in [0.05, 0.1) is 18.9 Å². The molecule has 27 heavy (non-hydrogen) atoms. The summed E-state index contributed by atoms with van der Waals surface area (Å²) in [6, 6.07) is 8.46. The zero-order chi connectivity index (χ0) is 18.8. The van der Waals surface area contributed by atoms with E-state index < -0.39 is 0 Å². The number of esters is 1. The summed E-state index contributed by atoms with van der Waals surface area (Å²) in [4.78, 5) is 18.0. The lowest BCUT2D eigenvalue weighted by Crippen LogP contribution is -2.49. The van der Waals surface area contributed by atoms with Gasteiger partial charge in [-0.25, -0.2) is 4.79 Å². The molecule has 2 aliphatic heterocycles. The Labute approximate surface area is 160 Å². The van der Waals surface area contributed by atoms with Crippen LogP contribution in [0.3, 0.4) is 0 Å². The van der Waals surface area contributed by atoms with Crippen molar-refractivity contribution in [2.45, 2.75) is 32.3 Å². The Balaban J connectivity index is 1.44. The molecule has 2 aliphatic rings. The molecule has 0 amide bonds. The molecule has 3 unspecified atom stereocenters. The normalized spacial score (nSPS) is 25.6. The van der Waals surface area contributed by atoms with Crippen molar-refractivity contribution >= 4 is 16.9 Å². The van der Waals surface area contributed by atoms with Crippen molar-refractivity contribution in [3.8, 4) is 0 Å². The van der Waals surface area contributed by atoms with E-state index in [1.165, 1.54) is 23.6 Å². The molecule has 3 atom stereocenters. The van der Waals surface area contributed by atoms with Gasteiger partial charge in [-0.1, -0.05) is 25.1 Å². The molecule has 0 saturated carbocycles. The summed E-state index contributed by atoms with van der Waals surface area (Å²) in [5.74, 6) is 0.359. The highest BCUT2D eigenvalue weighted by atomic mass is 16.5. The number of likely N-dealkylation sites (tertiary alicyclic amines) is 1. The minimum atomic E-state index is -0.244. The number of para-hydroxylation sites is 1. The van der Waals surface area contributed by atoms with Gasteiger partial charge in [-0.15, -0.1) is 0 Å². The monoisotopic (exact) mass is 368 g/mol. The van der Waals surface area contributed by atoms with Crippen LogP contribution >= 0.6 is 0 Å². The molecule has 144 valence electrons. The molecule has 1 aromatic heterocycles. The summed E-state index contributed by atoms with van der Waals surface area (Å²) in [6.07, 6.45) is 6.94. The topological polar surface area (TPSA) is 54.6 Å². The zero-order valence-electron chi connectivity index (χ0n) is 16.1. The SMILES string of the molecule is CCC1OC=C(C(=O)OC)C2CCN(CCc3c[nH]c4ccccc34)CC12. The van der Waals surface area contributed by atoms with E-state index in [0.29, 0.717) is 11.5 Å². The first-order valence-corrected chi connectivity index (χ1v) is 9.92. The molecular weight excluding hydrogens is 340 g/mol. The molecule has 5 heteroatoms. The number of hydrogen-bond acceptors (Lipinski definition) is 4. The summed E-state index contributed by atoms with van der Waals surface area (Å²) < 4.78 is 10.9. The molecule has 0 aliphatic carbocycles. The second kappa shape index (κ2) is 7.77. The first kappa shape index (κ1) is 18.1.